The van der Waals surface area contributed by atoms with Crippen molar-refractivity contribution in [2.45, 2.75) is 51.2 Å². The molecule has 1 aromatic carbocycles. The number of carbonyl (C=O) groups excluding carboxylic acids is 1. The van der Waals surface area contributed by atoms with E-state index >= 15 is 0 Å². The first kappa shape index (κ1) is 28.9. The Morgan fingerprint density at radius 3 is 2.51 bits per heavy atom. The van der Waals surface area contributed by atoms with E-state index in [9.17, 15) is 26.7 Å². The summed E-state index contributed by atoms with van der Waals surface area (Å²) in [5.74, 6) is -0.0792. The lowest BCUT2D eigenvalue weighted by molar-refractivity contribution is -0.134. The van der Waals surface area contributed by atoms with E-state index in [0.29, 0.717) is 11.3 Å². The van der Waals surface area contributed by atoms with Gasteiger partial charge in [0.1, 0.15) is 17.5 Å². The monoisotopic (exact) mass is 558 g/mol. The molecular formula is C23H34N4O8S2. The third-order valence-corrected chi connectivity index (χ3v) is 9.31. The number of amides is 1. The summed E-state index contributed by atoms with van der Waals surface area (Å²) in [5, 5.41) is 13.4. The molecule has 0 radical (unpaired) electrons. The van der Waals surface area contributed by atoms with Gasteiger partial charge in [-0.05, 0) is 39.0 Å². The van der Waals surface area contributed by atoms with E-state index in [1.807, 2.05) is 6.92 Å². The summed E-state index contributed by atoms with van der Waals surface area (Å²) in [5.41, 5.74) is 0.834. The summed E-state index contributed by atoms with van der Waals surface area (Å²) in [6.07, 6.45) is 0.367. The Kier molecular flexibility index (Phi) is 8.57. The van der Waals surface area contributed by atoms with Gasteiger partial charge in [-0.25, -0.2) is 21.1 Å². The van der Waals surface area contributed by atoms with Crippen LogP contribution >= 0.6 is 0 Å². The van der Waals surface area contributed by atoms with E-state index in [1.165, 1.54) is 42.2 Å². The zero-order chi connectivity index (χ0) is 27.7. The number of hydrogen-bond donors (Lipinski definition) is 2. The van der Waals surface area contributed by atoms with Crippen molar-refractivity contribution in [3.05, 3.63) is 35.2 Å². The van der Waals surface area contributed by atoms with Crippen molar-refractivity contribution in [3.63, 3.8) is 0 Å². The summed E-state index contributed by atoms with van der Waals surface area (Å²) in [6, 6.07) is 4.09. The van der Waals surface area contributed by atoms with Crippen LogP contribution in [0.5, 0.6) is 5.75 Å². The largest absolute Gasteiger partial charge is 0.488 e. The van der Waals surface area contributed by atoms with Gasteiger partial charge < -0.3 is 19.3 Å². The molecule has 3 atom stereocenters. The predicted octanol–water partition coefficient (Wildman–Crippen LogP) is 1.13. The maximum atomic E-state index is 13.3. The first-order valence-corrected chi connectivity index (χ1v) is 15.0. The third-order valence-electron chi connectivity index (χ3n) is 6.41. The number of rotatable bonds is 8. The summed E-state index contributed by atoms with van der Waals surface area (Å²) in [6.45, 7) is 6.61. The smallest absolute Gasteiger partial charge is 0.267 e. The average molecular weight is 559 g/mol. The average Bonchev–Trinajstić information content (AvgIpc) is 3.16. The number of anilines is 1. The molecule has 1 aliphatic rings. The van der Waals surface area contributed by atoms with Gasteiger partial charge in [0, 0.05) is 30.8 Å². The van der Waals surface area contributed by atoms with Crippen molar-refractivity contribution < 1.29 is 36.0 Å². The van der Waals surface area contributed by atoms with Crippen LogP contribution in [0.25, 0.3) is 0 Å². The van der Waals surface area contributed by atoms with Crippen molar-refractivity contribution in [1.29, 1.82) is 0 Å². The Hall–Kier alpha value is -2.68. The van der Waals surface area contributed by atoms with Gasteiger partial charge in [0.25, 0.3) is 10.0 Å². The summed E-state index contributed by atoms with van der Waals surface area (Å²) in [4.78, 5) is 14.8. The lowest BCUT2D eigenvalue weighted by Crippen LogP contribution is -2.48. The van der Waals surface area contributed by atoms with Crippen molar-refractivity contribution >= 4 is 31.6 Å². The summed E-state index contributed by atoms with van der Waals surface area (Å²) >= 11 is 0. The lowest BCUT2D eigenvalue weighted by atomic mass is 10.0. The van der Waals surface area contributed by atoms with Gasteiger partial charge in [-0.15, -0.1) is 0 Å². The topological polar surface area (TPSA) is 159 Å². The Morgan fingerprint density at radius 1 is 1.27 bits per heavy atom. The maximum Gasteiger partial charge on any atom is 0.267 e. The Labute approximate surface area is 217 Å². The van der Waals surface area contributed by atoms with Crippen LogP contribution in [0.2, 0.25) is 0 Å². The first-order chi connectivity index (χ1) is 17.1. The number of aliphatic hydroxyl groups excluding tert-OH is 1. The molecule has 37 heavy (non-hydrogen) atoms. The number of aliphatic hydroxyl groups is 1. The molecule has 2 aromatic rings. The van der Waals surface area contributed by atoms with E-state index in [-0.39, 0.29) is 60.0 Å². The van der Waals surface area contributed by atoms with Gasteiger partial charge in [0.05, 0.1) is 31.9 Å². The summed E-state index contributed by atoms with van der Waals surface area (Å²) < 4.78 is 65.0. The van der Waals surface area contributed by atoms with Gasteiger partial charge in [-0.3, -0.25) is 9.52 Å². The van der Waals surface area contributed by atoms with Crippen LogP contribution < -0.4 is 9.46 Å². The highest BCUT2D eigenvalue weighted by molar-refractivity contribution is 7.92. The number of sulfonamides is 2. The minimum absolute atomic E-state index is 0.0371. The second-order valence-electron chi connectivity index (χ2n) is 9.51. The standard InChI is InChI=1S/C23H34N4O8S2/c1-14-11-27(15(2)13-28)22(29)10-18-9-19(25-37(32,33)23-16(3)24-35-17(23)4)7-8-20(18)34-21(14)12-26(5)36(6,30)31/h7-9,14-15,21,25,28H,10-13H2,1-6H3/t14-,15-,21-/m0/s1. The van der Waals surface area contributed by atoms with Gasteiger partial charge in [0.2, 0.25) is 15.9 Å². The number of carbonyl (C=O) groups is 1. The number of nitrogens with one attached hydrogen (secondary N) is 1. The number of ether oxygens (including phenoxy) is 1. The molecule has 0 fully saturated rings. The van der Waals surface area contributed by atoms with Gasteiger partial charge in [-0.1, -0.05) is 12.1 Å². The van der Waals surface area contributed by atoms with Crippen molar-refractivity contribution in [2.75, 3.05) is 37.7 Å². The predicted molar refractivity (Wildman–Crippen MR) is 136 cm³/mol. The quantitative estimate of drug-likeness (QED) is 0.484. The van der Waals surface area contributed by atoms with Crippen molar-refractivity contribution in [3.8, 4) is 5.75 Å². The molecule has 3 rings (SSSR count). The zero-order valence-electron chi connectivity index (χ0n) is 21.8. The molecule has 206 valence electrons. The molecule has 0 saturated heterocycles. The highest BCUT2D eigenvalue weighted by Gasteiger charge is 2.32. The molecule has 2 N–H and O–H groups in total. The minimum atomic E-state index is -4.02. The van der Waals surface area contributed by atoms with Crippen molar-refractivity contribution in [1.82, 2.24) is 14.4 Å². The fourth-order valence-corrected chi connectivity index (χ4v) is 5.96. The van der Waals surface area contributed by atoms with Crippen LogP contribution in [0.4, 0.5) is 5.69 Å². The first-order valence-electron chi connectivity index (χ1n) is 11.7. The van der Waals surface area contributed by atoms with Crippen LogP contribution in [0, 0.1) is 19.8 Å². The lowest BCUT2D eigenvalue weighted by Gasteiger charge is -2.33. The number of likely N-dealkylation sites (N-methyl/N-ethyl adjacent to an activating group) is 1. The van der Waals surface area contributed by atoms with Crippen LogP contribution in [0.3, 0.4) is 0 Å². The Bertz CT molecular complexity index is 1340. The molecule has 0 saturated carbocycles. The number of hydrogen-bond acceptors (Lipinski definition) is 9. The van der Waals surface area contributed by atoms with Crippen LogP contribution in [-0.4, -0.2) is 87.4 Å². The molecule has 1 aliphatic heterocycles. The SMILES string of the molecule is Cc1noc(C)c1S(=O)(=O)Nc1ccc2c(c1)CC(=O)N([C@@H](C)CO)C[C@H](C)[C@H](CN(C)S(C)(=O)=O)O2. The molecule has 0 unspecified atom stereocenters. The van der Waals surface area contributed by atoms with Crippen molar-refractivity contribution in [2.24, 2.45) is 5.92 Å². The minimum Gasteiger partial charge on any atom is -0.488 e. The molecular weight excluding hydrogens is 524 g/mol. The van der Waals surface area contributed by atoms with E-state index < -0.39 is 32.2 Å². The molecule has 14 heteroatoms. The Balaban J connectivity index is 2.02. The molecule has 1 aromatic heterocycles. The molecule has 12 nitrogen and oxygen atoms in total. The normalized spacial score (nSPS) is 20.0. The molecule has 0 aliphatic carbocycles. The van der Waals surface area contributed by atoms with Crippen LogP contribution in [0.15, 0.2) is 27.6 Å². The zero-order valence-corrected chi connectivity index (χ0v) is 23.4. The highest BCUT2D eigenvalue weighted by atomic mass is 32.2. The number of aryl methyl sites for hydroxylation is 2. The number of nitrogens with zero attached hydrogens (tertiary/aromatic N) is 3. The highest BCUT2D eigenvalue weighted by Crippen LogP contribution is 2.31. The second-order valence-corrected chi connectivity index (χ2v) is 13.2. The molecule has 0 spiro atoms. The molecule has 1 amide bonds. The van der Waals surface area contributed by atoms with E-state index in [2.05, 4.69) is 9.88 Å². The van der Waals surface area contributed by atoms with E-state index in [1.54, 1.807) is 13.0 Å². The summed E-state index contributed by atoms with van der Waals surface area (Å²) in [7, 11) is -6.07. The fourth-order valence-electron chi connectivity index (χ4n) is 4.16. The molecule has 2 heterocycles. The van der Waals surface area contributed by atoms with Crippen LogP contribution in [-0.2, 0) is 31.3 Å². The Morgan fingerprint density at radius 2 is 1.95 bits per heavy atom. The maximum absolute atomic E-state index is 13.3. The van der Waals surface area contributed by atoms with E-state index in [4.69, 9.17) is 9.26 Å². The molecule has 0 bridgehead atoms. The number of fused-ring (bicyclic) bond motifs is 1. The third kappa shape index (κ3) is 6.61. The fraction of sp³-hybridized carbons (Fsp3) is 0.565. The van der Waals surface area contributed by atoms with Crippen LogP contribution in [0.1, 0.15) is 30.9 Å². The number of aromatic nitrogens is 1. The van der Waals surface area contributed by atoms with Gasteiger partial charge >= 0.3 is 0 Å². The number of benzene rings is 1. The van der Waals surface area contributed by atoms with Gasteiger partial charge in [-0.2, -0.15) is 0 Å². The second kappa shape index (κ2) is 11.0. The van der Waals surface area contributed by atoms with E-state index in [0.717, 1.165) is 6.26 Å². The van der Waals surface area contributed by atoms with Gasteiger partial charge in [0.15, 0.2) is 10.7 Å².